The molecule has 1 aromatic heterocycles. The predicted molar refractivity (Wildman–Crippen MR) is 129 cm³/mol. The van der Waals surface area contributed by atoms with E-state index in [0.717, 1.165) is 11.1 Å². The summed E-state index contributed by atoms with van der Waals surface area (Å²) in [6.45, 7) is 5.55. The summed E-state index contributed by atoms with van der Waals surface area (Å²) in [5, 5.41) is 5.96. The fourth-order valence-electron chi connectivity index (χ4n) is 3.40. The number of para-hydroxylation sites is 1. The number of nitrogens with one attached hydrogen (secondary N) is 2. The summed E-state index contributed by atoms with van der Waals surface area (Å²) in [5.74, 6) is -1.65. The SMILES string of the molecule is C=CC(=O)Nc1cccc(C)c1Nc1ccc(CN(C)c2c(F)c(OC)cc(OC)c2F)cn1. The van der Waals surface area contributed by atoms with Crippen LogP contribution in [0, 0.1) is 18.6 Å². The average Bonchev–Trinajstić information content (AvgIpc) is 2.82. The third-order valence-corrected chi connectivity index (χ3v) is 5.15. The number of anilines is 4. The van der Waals surface area contributed by atoms with Crippen LogP contribution in [0.15, 0.2) is 55.3 Å². The molecule has 0 aliphatic rings. The molecule has 0 radical (unpaired) electrons. The van der Waals surface area contributed by atoms with E-state index in [1.165, 1.54) is 31.3 Å². The predicted octanol–water partition coefficient (Wildman–Crippen LogP) is 5.19. The molecular formula is C25H26F2N4O3. The number of benzene rings is 2. The summed E-state index contributed by atoms with van der Waals surface area (Å²) in [6, 6.07) is 10.2. The first-order chi connectivity index (χ1) is 16.3. The van der Waals surface area contributed by atoms with Crippen LogP contribution in [0.25, 0.3) is 0 Å². The average molecular weight is 469 g/mol. The van der Waals surface area contributed by atoms with E-state index in [1.807, 2.05) is 19.1 Å². The lowest BCUT2D eigenvalue weighted by Gasteiger charge is -2.23. The van der Waals surface area contributed by atoms with Crippen LogP contribution in [0.2, 0.25) is 0 Å². The summed E-state index contributed by atoms with van der Waals surface area (Å²) in [4.78, 5) is 17.6. The van der Waals surface area contributed by atoms with Crippen molar-refractivity contribution < 1.29 is 23.0 Å². The Balaban J connectivity index is 1.81. The molecule has 0 unspecified atom stereocenters. The normalized spacial score (nSPS) is 10.4. The zero-order chi connectivity index (χ0) is 24.8. The number of hydrogen-bond donors (Lipinski definition) is 2. The van der Waals surface area contributed by atoms with Gasteiger partial charge in [0.05, 0.1) is 25.6 Å². The van der Waals surface area contributed by atoms with Crippen molar-refractivity contribution in [3.8, 4) is 11.5 Å². The third-order valence-electron chi connectivity index (χ3n) is 5.15. The first kappa shape index (κ1) is 24.5. The van der Waals surface area contributed by atoms with Gasteiger partial charge in [-0.2, -0.15) is 0 Å². The second-order valence-corrected chi connectivity index (χ2v) is 7.48. The zero-order valence-electron chi connectivity index (χ0n) is 19.4. The van der Waals surface area contributed by atoms with E-state index < -0.39 is 11.6 Å². The minimum Gasteiger partial charge on any atom is -0.493 e. The van der Waals surface area contributed by atoms with Crippen LogP contribution in [0.4, 0.5) is 31.7 Å². The van der Waals surface area contributed by atoms with Crippen molar-refractivity contribution in [2.24, 2.45) is 0 Å². The van der Waals surface area contributed by atoms with Crippen molar-refractivity contribution in [3.63, 3.8) is 0 Å². The Morgan fingerprint density at radius 3 is 2.38 bits per heavy atom. The van der Waals surface area contributed by atoms with Crippen LogP contribution in [-0.4, -0.2) is 32.2 Å². The molecule has 9 heteroatoms. The van der Waals surface area contributed by atoms with Crippen molar-refractivity contribution in [2.45, 2.75) is 13.5 Å². The molecule has 2 aromatic carbocycles. The molecule has 0 aliphatic carbocycles. The maximum atomic E-state index is 14.8. The molecule has 0 spiro atoms. The number of hydrogen-bond acceptors (Lipinski definition) is 6. The lowest BCUT2D eigenvalue weighted by Crippen LogP contribution is -2.20. The summed E-state index contributed by atoms with van der Waals surface area (Å²) in [5.41, 5.74) is 2.65. The Bertz CT molecular complexity index is 1170. The van der Waals surface area contributed by atoms with Crippen LogP contribution >= 0.6 is 0 Å². The van der Waals surface area contributed by atoms with Gasteiger partial charge in [0.2, 0.25) is 5.91 Å². The van der Waals surface area contributed by atoms with Crippen molar-refractivity contribution >= 4 is 28.8 Å². The highest BCUT2D eigenvalue weighted by atomic mass is 19.1. The van der Waals surface area contributed by atoms with Crippen LogP contribution in [0.1, 0.15) is 11.1 Å². The number of aryl methyl sites for hydroxylation is 1. The molecule has 178 valence electrons. The van der Waals surface area contributed by atoms with Crippen molar-refractivity contribution in [1.29, 1.82) is 0 Å². The smallest absolute Gasteiger partial charge is 0.247 e. The Hall–Kier alpha value is -4.14. The second kappa shape index (κ2) is 10.7. The number of rotatable bonds is 9. The molecular weight excluding hydrogens is 442 g/mol. The van der Waals surface area contributed by atoms with Crippen molar-refractivity contribution in [1.82, 2.24) is 4.98 Å². The van der Waals surface area contributed by atoms with Gasteiger partial charge in [0.15, 0.2) is 23.1 Å². The zero-order valence-corrected chi connectivity index (χ0v) is 19.4. The number of ether oxygens (including phenoxy) is 2. The lowest BCUT2D eigenvalue weighted by atomic mass is 10.1. The molecule has 0 saturated heterocycles. The van der Waals surface area contributed by atoms with Gasteiger partial charge in [-0.15, -0.1) is 0 Å². The van der Waals surface area contributed by atoms with Gasteiger partial charge in [0.25, 0.3) is 0 Å². The molecule has 3 aromatic rings. The maximum Gasteiger partial charge on any atom is 0.247 e. The monoisotopic (exact) mass is 468 g/mol. The van der Waals surface area contributed by atoms with E-state index >= 15 is 0 Å². The molecule has 7 nitrogen and oxygen atoms in total. The molecule has 0 bridgehead atoms. The number of carbonyl (C=O) groups is 1. The van der Waals surface area contributed by atoms with E-state index in [1.54, 1.807) is 31.4 Å². The van der Waals surface area contributed by atoms with E-state index in [4.69, 9.17) is 9.47 Å². The number of methoxy groups -OCH3 is 2. The van der Waals surface area contributed by atoms with Crippen LogP contribution in [0.3, 0.4) is 0 Å². The molecule has 0 atom stereocenters. The summed E-state index contributed by atoms with van der Waals surface area (Å²) >= 11 is 0. The van der Waals surface area contributed by atoms with Crippen LogP contribution in [-0.2, 0) is 11.3 Å². The van der Waals surface area contributed by atoms with Gasteiger partial charge < -0.3 is 25.0 Å². The second-order valence-electron chi connectivity index (χ2n) is 7.48. The van der Waals surface area contributed by atoms with Crippen molar-refractivity contribution in [2.75, 3.05) is 36.8 Å². The van der Waals surface area contributed by atoms with Gasteiger partial charge in [-0.1, -0.05) is 24.8 Å². The largest absolute Gasteiger partial charge is 0.493 e. The summed E-state index contributed by atoms with van der Waals surface area (Å²) < 4.78 is 39.6. The molecule has 1 heterocycles. The summed E-state index contributed by atoms with van der Waals surface area (Å²) in [7, 11) is 4.17. The van der Waals surface area contributed by atoms with E-state index in [2.05, 4.69) is 22.2 Å². The number of aromatic nitrogens is 1. The fourth-order valence-corrected chi connectivity index (χ4v) is 3.40. The Morgan fingerprint density at radius 1 is 1.15 bits per heavy atom. The topological polar surface area (TPSA) is 75.7 Å². The number of pyridine rings is 1. The molecule has 0 fully saturated rings. The lowest BCUT2D eigenvalue weighted by molar-refractivity contribution is -0.111. The standard InChI is InChI=1S/C25H26F2N4O3/c1-6-21(32)29-17-9-7-8-15(2)24(17)30-20-11-10-16(13-28-20)14-31(3)25-22(26)18(33-4)12-19(34-5)23(25)27/h6-13H,1,14H2,2-5H3,(H,28,30)(H,29,32). The number of nitrogens with zero attached hydrogens (tertiary/aromatic N) is 2. The third kappa shape index (κ3) is 5.25. The molecule has 0 aliphatic heterocycles. The van der Waals surface area contributed by atoms with Gasteiger partial charge in [-0.05, 0) is 36.3 Å². The number of amides is 1. The van der Waals surface area contributed by atoms with E-state index in [0.29, 0.717) is 17.2 Å². The maximum absolute atomic E-state index is 14.8. The molecule has 0 saturated carbocycles. The van der Waals surface area contributed by atoms with E-state index in [-0.39, 0.29) is 29.6 Å². The highest BCUT2D eigenvalue weighted by molar-refractivity contribution is 6.01. The van der Waals surface area contributed by atoms with Gasteiger partial charge in [0.1, 0.15) is 11.5 Å². The quantitative estimate of drug-likeness (QED) is 0.421. The molecule has 34 heavy (non-hydrogen) atoms. The first-order valence-electron chi connectivity index (χ1n) is 10.3. The summed E-state index contributed by atoms with van der Waals surface area (Å²) in [6.07, 6.45) is 2.80. The number of carbonyl (C=O) groups excluding carboxylic acids is 1. The highest BCUT2D eigenvalue weighted by Crippen LogP contribution is 2.37. The van der Waals surface area contributed by atoms with Gasteiger partial charge in [0, 0.05) is 25.9 Å². The Kier molecular flexibility index (Phi) is 7.68. The number of halogens is 2. The van der Waals surface area contributed by atoms with Gasteiger partial charge >= 0.3 is 0 Å². The Labute approximate surface area is 197 Å². The van der Waals surface area contributed by atoms with Crippen molar-refractivity contribution in [3.05, 3.63) is 78.0 Å². The Morgan fingerprint density at radius 2 is 1.82 bits per heavy atom. The minimum atomic E-state index is -0.816. The van der Waals surface area contributed by atoms with Crippen LogP contribution in [0.5, 0.6) is 11.5 Å². The fraction of sp³-hybridized carbons (Fsp3) is 0.200. The molecule has 1 amide bonds. The molecule has 2 N–H and O–H groups in total. The van der Waals surface area contributed by atoms with Gasteiger partial charge in [-0.3, -0.25) is 4.79 Å². The molecule has 3 rings (SSSR count). The minimum absolute atomic E-state index is 0.115. The highest BCUT2D eigenvalue weighted by Gasteiger charge is 2.23. The first-order valence-corrected chi connectivity index (χ1v) is 10.3. The van der Waals surface area contributed by atoms with Gasteiger partial charge in [-0.25, -0.2) is 13.8 Å². The van der Waals surface area contributed by atoms with E-state index in [9.17, 15) is 13.6 Å². The van der Waals surface area contributed by atoms with Crippen LogP contribution < -0.4 is 25.0 Å².